The maximum absolute atomic E-state index is 5.42. The molecule has 0 bridgehead atoms. The number of hydrogen-bond acceptors (Lipinski definition) is 1. The van der Waals surface area contributed by atoms with Gasteiger partial charge in [-0.1, -0.05) is 62.4 Å². The van der Waals surface area contributed by atoms with E-state index in [0.29, 0.717) is 6.10 Å². The predicted octanol–water partition coefficient (Wildman–Crippen LogP) is 4.75. The molecule has 0 saturated carbocycles. The summed E-state index contributed by atoms with van der Waals surface area (Å²) in [6, 6.07) is 10.8. The lowest BCUT2D eigenvalue weighted by Gasteiger charge is -2.26. The van der Waals surface area contributed by atoms with Crippen LogP contribution in [0.25, 0.3) is 0 Å². The highest BCUT2D eigenvalue weighted by Crippen LogP contribution is 2.18. The van der Waals surface area contributed by atoms with Crippen LogP contribution in [0.2, 0.25) is 0 Å². The molecule has 1 heterocycles. The van der Waals surface area contributed by atoms with E-state index in [1.165, 1.54) is 63.4 Å². The fourth-order valence-electron chi connectivity index (χ4n) is 2.57. The van der Waals surface area contributed by atoms with Gasteiger partial charge in [-0.05, 0) is 31.2 Å². The molecule has 18 heavy (non-hydrogen) atoms. The third-order valence-electron chi connectivity index (χ3n) is 3.88. The molecule has 1 fully saturated rings. The molecule has 0 spiro atoms. The lowest BCUT2D eigenvalue weighted by molar-refractivity contribution is -0.0555. The summed E-state index contributed by atoms with van der Waals surface area (Å²) in [5, 5.41) is 0. The summed E-state index contributed by atoms with van der Waals surface area (Å²) in [7, 11) is 0. The average Bonchev–Trinajstić information content (AvgIpc) is 2.36. The summed E-state index contributed by atoms with van der Waals surface area (Å²) in [5.41, 5.74) is 1.49. The van der Waals surface area contributed by atoms with E-state index in [0.717, 1.165) is 6.61 Å². The van der Waals surface area contributed by atoms with Gasteiger partial charge in [-0.25, -0.2) is 0 Å². The first-order chi connectivity index (χ1) is 8.95. The Balaban J connectivity index is 1.37. The van der Waals surface area contributed by atoms with Crippen molar-refractivity contribution in [1.29, 1.82) is 0 Å². The zero-order valence-corrected chi connectivity index (χ0v) is 11.4. The molecule has 1 aromatic carbocycles. The first-order valence-electron chi connectivity index (χ1n) is 7.61. The summed E-state index contributed by atoms with van der Waals surface area (Å²) in [4.78, 5) is 0. The van der Waals surface area contributed by atoms with Gasteiger partial charge in [-0.3, -0.25) is 0 Å². The van der Waals surface area contributed by atoms with Crippen molar-refractivity contribution < 1.29 is 4.74 Å². The van der Waals surface area contributed by atoms with Crippen LogP contribution in [-0.2, 0) is 11.2 Å². The molecule has 1 saturated heterocycles. The van der Waals surface area contributed by atoms with Gasteiger partial charge in [0.05, 0.1) is 6.10 Å². The molecule has 0 radical (unpaired) electrons. The van der Waals surface area contributed by atoms with E-state index in [9.17, 15) is 0 Å². The van der Waals surface area contributed by atoms with Crippen LogP contribution in [0.3, 0.4) is 0 Å². The molecule has 1 aliphatic rings. The molecule has 100 valence electrons. The van der Waals surface area contributed by atoms with Crippen molar-refractivity contribution in [2.75, 3.05) is 6.61 Å². The van der Waals surface area contributed by atoms with Gasteiger partial charge in [0.2, 0.25) is 0 Å². The zero-order chi connectivity index (χ0) is 12.5. The molecular weight excluding hydrogens is 220 g/mol. The van der Waals surface area contributed by atoms with E-state index < -0.39 is 0 Å². The predicted molar refractivity (Wildman–Crippen MR) is 76.8 cm³/mol. The average molecular weight is 246 g/mol. The second-order valence-electron chi connectivity index (χ2n) is 5.43. The lowest BCUT2D eigenvalue weighted by atomic mass is 10.0. The minimum absolute atomic E-state index is 0.614. The Labute approximate surface area is 112 Å². The largest absolute Gasteiger partial charge is 0.378 e. The third-order valence-corrected chi connectivity index (χ3v) is 3.88. The molecule has 1 aliphatic heterocycles. The van der Waals surface area contributed by atoms with Crippen LogP contribution >= 0.6 is 0 Å². The number of rotatable bonds is 9. The van der Waals surface area contributed by atoms with Gasteiger partial charge in [0.1, 0.15) is 0 Å². The second-order valence-corrected chi connectivity index (χ2v) is 5.43. The number of hydrogen-bond donors (Lipinski definition) is 0. The minimum atomic E-state index is 0.614. The highest BCUT2D eigenvalue weighted by atomic mass is 16.5. The summed E-state index contributed by atoms with van der Waals surface area (Å²) in [5.74, 6) is 0. The minimum Gasteiger partial charge on any atom is -0.378 e. The highest BCUT2D eigenvalue weighted by molar-refractivity contribution is 5.14. The van der Waals surface area contributed by atoms with E-state index in [4.69, 9.17) is 4.74 Å². The Bertz CT molecular complexity index is 303. The first kappa shape index (κ1) is 13.6. The molecule has 0 amide bonds. The van der Waals surface area contributed by atoms with Gasteiger partial charge in [-0.15, -0.1) is 0 Å². The number of aryl methyl sites for hydroxylation is 1. The summed E-state index contributed by atoms with van der Waals surface area (Å²) >= 11 is 0. The molecule has 0 aliphatic carbocycles. The fourth-order valence-corrected chi connectivity index (χ4v) is 2.57. The van der Waals surface area contributed by atoms with Crippen molar-refractivity contribution in [2.45, 2.75) is 63.9 Å². The van der Waals surface area contributed by atoms with E-state index in [1.54, 1.807) is 0 Å². The van der Waals surface area contributed by atoms with E-state index in [2.05, 4.69) is 30.3 Å². The molecular formula is C17H26O. The van der Waals surface area contributed by atoms with Crippen LogP contribution in [0.5, 0.6) is 0 Å². The summed E-state index contributed by atoms with van der Waals surface area (Å²) in [6.07, 6.45) is 12.7. The highest BCUT2D eigenvalue weighted by Gasteiger charge is 2.16. The van der Waals surface area contributed by atoms with Gasteiger partial charge < -0.3 is 4.74 Å². The van der Waals surface area contributed by atoms with Crippen LogP contribution in [-0.4, -0.2) is 12.7 Å². The monoisotopic (exact) mass is 246 g/mol. The van der Waals surface area contributed by atoms with Gasteiger partial charge in [0.15, 0.2) is 0 Å². The summed E-state index contributed by atoms with van der Waals surface area (Å²) < 4.78 is 5.42. The quantitative estimate of drug-likeness (QED) is 0.571. The Morgan fingerprint density at radius 3 is 2.22 bits per heavy atom. The van der Waals surface area contributed by atoms with Crippen molar-refractivity contribution in [3.63, 3.8) is 0 Å². The molecule has 1 unspecified atom stereocenters. The van der Waals surface area contributed by atoms with Crippen LogP contribution in [0.15, 0.2) is 30.3 Å². The second kappa shape index (κ2) is 8.31. The summed E-state index contributed by atoms with van der Waals surface area (Å²) in [6.45, 7) is 1.00. The fraction of sp³-hybridized carbons (Fsp3) is 0.647. The number of unbranched alkanes of at least 4 members (excludes halogenated alkanes) is 5. The number of benzene rings is 1. The Morgan fingerprint density at radius 1 is 0.889 bits per heavy atom. The van der Waals surface area contributed by atoms with E-state index >= 15 is 0 Å². The Hall–Kier alpha value is -0.820. The standard InChI is InChI=1S/C17H26O/c1(2-4-9-13-17-14-15-18-17)3-6-10-16-11-7-5-8-12-16/h5,7-8,11-12,17H,1-4,6,9-10,13-15H2. The first-order valence-corrected chi connectivity index (χ1v) is 7.61. The van der Waals surface area contributed by atoms with Crippen molar-refractivity contribution in [3.05, 3.63) is 35.9 Å². The SMILES string of the molecule is c1ccc(CCCCCCCCC2CCO2)cc1. The van der Waals surface area contributed by atoms with Gasteiger partial charge in [0, 0.05) is 6.61 Å². The Kier molecular flexibility index (Phi) is 6.28. The van der Waals surface area contributed by atoms with Crippen molar-refractivity contribution in [3.8, 4) is 0 Å². The van der Waals surface area contributed by atoms with E-state index in [1.807, 2.05) is 0 Å². The van der Waals surface area contributed by atoms with Crippen LogP contribution in [0.1, 0.15) is 56.9 Å². The topological polar surface area (TPSA) is 9.23 Å². The third kappa shape index (κ3) is 5.22. The van der Waals surface area contributed by atoms with Crippen LogP contribution in [0.4, 0.5) is 0 Å². The van der Waals surface area contributed by atoms with Gasteiger partial charge in [0.25, 0.3) is 0 Å². The number of ether oxygens (including phenoxy) is 1. The van der Waals surface area contributed by atoms with Crippen LogP contribution in [0, 0.1) is 0 Å². The maximum Gasteiger partial charge on any atom is 0.0597 e. The molecule has 0 N–H and O–H groups in total. The molecule has 1 atom stereocenters. The molecule has 1 nitrogen and oxygen atoms in total. The normalized spacial score (nSPS) is 18.6. The van der Waals surface area contributed by atoms with Crippen LogP contribution < -0.4 is 0 Å². The van der Waals surface area contributed by atoms with Gasteiger partial charge in [-0.2, -0.15) is 0 Å². The van der Waals surface area contributed by atoms with Crippen molar-refractivity contribution in [2.24, 2.45) is 0 Å². The zero-order valence-electron chi connectivity index (χ0n) is 11.4. The smallest absolute Gasteiger partial charge is 0.0597 e. The maximum atomic E-state index is 5.42. The van der Waals surface area contributed by atoms with Crippen molar-refractivity contribution >= 4 is 0 Å². The Morgan fingerprint density at radius 2 is 1.56 bits per heavy atom. The van der Waals surface area contributed by atoms with E-state index in [-0.39, 0.29) is 0 Å². The molecule has 1 heteroatoms. The molecule has 2 rings (SSSR count). The lowest BCUT2D eigenvalue weighted by Crippen LogP contribution is -2.26. The van der Waals surface area contributed by atoms with Gasteiger partial charge >= 0.3 is 0 Å². The molecule has 1 aromatic rings. The molecule has 0 aromatic heterocycles. The van der Waals surface area contributed by atoms with Crippen molar-refractivity contribution in [1.82, 2.24) is 0 Å².